The number of nitrogens with zero attached hydrogens (tertiary/aromatic N) is 2. The van der Waals surface area contributed by atoms with Crippen molar-refractivity contribution in [3.05, 3.63) is 64.7 Å². The van der Waals surface area contributed by atoms with Crippen molar-refractivity contribution < 1.29 is 24.2 Å². The lowest BCUT2D eigenvalue weighted by molar-refractivity contribution is -0.140. The number of likely N-dealkylation sites (tertiary alicyclic amines) is 1. The fraction of sp³-hybridized carbons (Fsp3) is 0.484. The van der Waals surface area contributed by atoms with Crippen molar-refractivity contribution in [2.75, 3.05) is 32.8 Å². The van der Waals surface area contributed by atoms with E-state index >= 15 is 0 Å². The Morgan fingerprint density at radius 2 is 1.89 bits per heavy atom. The number of ether oxygens (including phenoxy) is 2. The van der Waals surface area contributed by atoms with E-state index in [9.17, 15) is 14.7 Å². The molecule has 0 unspecified atom stereocenters. The standard InChI is InChI=1S/C31H40N2O5/c1-5-8-9-17-37-25-12-10-11-22(20-25)28-27(30(35)31(36)33(28)16-15-32(6-2)7-3)29(34)23-13-14-26-24(19-23)18-21(4)38-26/h10-14,19-21,28,34H,5-9,15-18H2,1-4H3/t21-,28-/m1/s1. The number of likely N-dealkylation sites (N-methyl/N-ethyl adjacent to an activating group) is 1. The highest BCUT2D eigenvalue weighted by Crippen LogP contribution is 2.41. The number of rotatable bonds is 12. The van der Waals surface area contributed by atoms with Crippen molar-refractivity contribution in [3.8, 4) is 11.5 Å². The molecule has 0 radical (unpaired) electrons. The second kappa shape index (κ2) is 12.5. The predicted octanol–water partition coefficient (Wildman–Crippen LogP) is 5.34. The van der Waals surface area contributed by atoms with Gasteiger partial charge in [0.2, 0.25) is 0 Å². The molecule has 1 amide bonds. The number of aliphatic hydroxyl groups excluding tert-OH is 1. The molecule has 2 atom stereocenters. The van der Waals surface area contributed by atoms with E-state index in [0.717, 1.165) is 55.6 Å². The molecule has 38 heavy (non-hydrogen) atoms. The first-order valence-corrected chi connectivity index (χ1v) is 13.9. The molecule has 0 aromatic heterocycles. The molecule has 1 saturated heterocycles. The van der Waals surface area contributed by atoms with Crippen molar-refractivity contribution in [3.63, 3.8) is 0 Å². The lowest BCUT2D eigenvalue weighted by Crippen LogP contribution is -2.38. The van der Waals surface area contributed by atoms with Crippen LogP contribution in [-0.2, 0) is 16.0 Å². The second-order valence-electron chi connectivity index (χ2n) is 10.1. The van der Waals surface area contributed by atoms with Crippen molar-refractivity contribution in [2.24, 2.45) is 0 Å². The van der Waals surface area contributed by atoms with E-state index in [0.29, 0.717) is 31.0 Å². The number of ketones is 1. The highest BCUT2D eigenvalue weighted by Gasteiger charge is 2.46. The maximum absolute atomic E-state index is 13.4. The molecule has 2 aromatic rings. The van der Waals surface area contributed by atoms with E-state index < -0.39 is 17.7 Å². The van der Waals surface area contributed by atoms with Gasteiger partial charge in [0.25, 0.3) is 11.7 Å². The summed E-state index contributed by atoms with van der Waals surface area (Å²) in [6.07, 6.45) is 3.96. The summed E-state index contributed by atoms with van der Waals surface area (Å²) in [5.41, 5.74) is 2.36. The van der Waals surface area contributed by atoms with E-state index in [-0.39, 0.29) is 17.4 Å². The Balaban J connectivity index is 1.73. The number of hydrogen-bond acceptors (Lipinski definition) is 6. The summed E-state index contributed by atoms with van der Waals surface area (Å²) in [6.45, 7) is 11.6. The van der Waals surface area contributed by atoms with Crippen LogP contribution in [-0.4, -0.2) is 65.5 Å². The Bertz CT molecular complexity index is 1190. The van der Waals surface area contributed by atoms with Gasteiger partial charge >= 0.3 is 0 Å². The van der Waals surface area contributed by atoms with Crippen LogP contribution < -0.4 is 9.47 Å². The lowest BCUT2D eigenvalue weighted by atomic mass is 9.94. The molecule has 2 aliphatic heterocycles. The molecule has 0 spiro atoms. The molecule has 0 aliphatic carbocycles. The van der Waals surface area contributed by atoms with Gasteiger partial charge in [-0.3, -0.25) is 9.59 Å². The summed E-state index contributed by atoms with van der Waals surface area (Å²) in [5, 5.41) is 11.5. The molecule has 1 fully saturated rings. The number of Topliss-reactive ketones (excluding diaryl/α,β-unsaturated/α-hetero) is 1. The summed E-state index contributed by atoms with van der Waals surface area (Å²) in [6, 6.07) is 12.3. The molecule has 7 heteroatoms. The zero-order chi connectivity index (χ0) is 27.2. The zero-order valence-electron chi connectivity index (χ0n) is 23.0. The summed E-state index contributed by atoms with van der Waals surface area (Å²) < 4.78 is 11.8. The van der Waals surface area contributed by atoms with Gasteiger partial charge in [0.15, 0.2) is 0 Å². The molecular weight excluding hydrogens is 480 g/mol. The third-order valence-electron chi connectivity index (χ3n) is 7.45. The van der Waals surface area contributed by atoms with Gasteiger partial charge in [0.05, 0.1) is 18.2 Å². The van der Waals surface area contributed by atoms with Crippen LogP contribution in [0.25, 0.3) is 5.76 Å². The van der Waals surface area contributed by atoms with E-state index in [4.69, 9.17) is 9.47 Å². The number of benzene rings is 2. The lowest BCUT2D eigenvalue weighted by Gasteiger charge is -2.28. The molecule has 2 aromatic carbocycles. The van der Waals surface area contributed by atoms with Crippen LogP contribution in [0.4, 0.5) is 0 Å². The number of unbranched alkanes of at least 4 members (excludes halogenated alkanes) is 2. The van der Waals surface area contributed by atoms with Gasteiger partial charge in [-0.1, -0.05) is 45.7 Å². The Morgan fingerprint density at radius 3 is 2.63 bits per heavy atom. The SMILES string of the molecule is CCCCCOc1cccc([C@@H]2C(=C(O)c3ccc4c(c3)C[C@@H](C)O4)C(=O)C(=O)N2CCN(CC)CC)c1. The van der Waals surface area contributed by atoms with Crippen molar-refractivity contribution in [1.29, 1.82) is 0 Å². The van der Waals surface area contributed by atoms with Gasteiger partial charge in [-0.2, -0.15) is 0 Å². The van der Waals surface area contributed by atoms with Crippen molar-refractivity contribution >= 4 is 17.4 Å². The minimum absolute atomic E-state index is 0.0631. The van der Waals surface area contributed by atoms with Crippen LogP contribution in [0.1, 0.15) is 69.7 Å². The topological polar surface area (TPSA) is 79.3 Å². The maximum Gasteiger partial charge on any atom is 0.295 e. The minimum atomic E-state index is -0.701. The Labute approximate surface area is 226 Å². The van der Waals surface area contributed by atoms with E-state index in [1.165, 1.54) is 0 Å². The minimum Gasteiger partial charge on any atom is -0.507 e. The van der Waals surface area contributed by atoms with Gasteiger partial charge in [-0.15, -0.1) is 0 Å². The van der Waals surface area contributed by atoms with Crippen LogP contribution >= 0.6 is 0 Å². The van der Waals surface area contributed by atoms with Crippen LogP contribution in [0, 0.1) is 0 Å². The average molecular weight is 521 g/mol. The largest absolute Gasteiger partial charge is 0.507 e. The second-order valence-corrected chi connectivity index (χ2v) is 10.1. The molecular formula is C31H40N2O5. The summed E-state index contributed by atoms with van der Waals surface area (Å²) in [4.78, 5) is 30.6. The number of carbonyl (C=O) groups is 2. The molecule has 204 valence electrons. The quantitative estimate of drug-likeness (QED) is 0.176. The van der Waals surface area contributed by atoms with E-state index in [1.807, 2.05) is 43.3 Å². The maximum atomic E-state index is 13.4. The van der Waals surface area contributed by atoms with Gasteiger partial charge < -0.3 is 24.4 Å². The molecule has 7 nitrogen and oxygen atoms in total. The number of aliphatic hydroxyl groups is 1. The molecule has 0 saturated carbocycles. The first-order chi connectivity index (χ1) is 18.4. The monoisotopic (exact) mass is 520 g/mol. The number of carbonyl (C=O) groups excluding carboxylic acids is 2. The Morgan fingerprint density at radius 1 is 1.11 bits per heavy atom. The van der Waals surface area contributed by atoms with Crippen LogP contribution in [0.2, 0.25) is 0 Å². The highest BCUT2D eigenvalue weighted by atomic mass is 16.5. The third-order valence-corrected chi connectivity index (χ3v) is 7.45. The van der Waals surface area contributed by atoms with Crippen LogP contribution in [0.5, 0.6) is 11.5 Å². The van der Waals surface area contributed by atoms with Crippen molar-refractivity contribution in [1.82, 2.24) is 9.80 Å². The third kappa shape index (κ3) is 5.88. The predicted molar refractivity (Wildman–Crippen MR) is 148 cm³/mol. The molecule has 2 heterocycles. The van der Waals surface area contributed by atoms with Gasteiger partial charge in [0, 0.05) is 25.1 Å². The Hall–Kier alpha value is -3.32. The van der Waals surface area contributed by atoms with Gasteiger partial charge in [-0.25, -0.2) is 0 Å². The summed E-state index contributed by atoms with van der Waals surface area (Å²) in [7, 11) is 0. The number of hydrogen-bond donors (Lipinski definition) is 1. The zero-order valence-corrected chi connectivity index (χ0v) is 23.0. The molecule has 0 bridgehead atoms. The van der Waals surface area contributed by atoms with E-state index in [2.05, 4.69) is 25.7 Å². The van der Waals surface area contributed by atoms with Gasteiger partial charge in [0.1, 0.15) is 23.4 Å². The van der Waals surface area contributed by atoms with Crippen LogP contribution in [0.3, 0.4) is 0 Å². The van der Waals surface area contributed by atoms with Crippen molar-refractivity contribution in [2.45, 2.75) is 65.5 Å². The normalized spacial score (nSPS) is 20.2. The first-order valence-electron chi connectivity index (χ1n) is 13.9. The Kier molecular flexibility index (Phi) is 9.10. The van der Waals surface area contributed by atoms with Gasteiger partial charge in [-0.05, 0) is 67.9 Å². The first kappa shape index (κ1) is 27.7. The molecule has 1 N–H and O–H groups in total. The van der Waals surface area contributed by atoms with Crippen LogP contribution in [0.15, 0.2) is 48.0 Å². The summed E-state index contributed by atoms with van der Waals surface area (Å²) >= 11 is 0. The smallest absolute Gasteiger partial charge is 0.295 e. The fourth-order valence-corrected chi connectivity index (χ4v) is 5.29. The number of amides is 1. The molecule has 2 aliphatic rings. The fourth-order valence-electron chi connectivity index (χ4n) is 5.29. The number of fused-ring (bicyclic) bond motifs is 1. The highest BCUT2D eigenvalue weighted by molar-refractivity contribution is 6.46. The molecule has 4 rings (SSSR count). The van der Waals surface area contributed by atoms with E-state index in [1.54, 1.807) is 11.0 Å². The average Bonchev–Trinajstić information content (AvgIpc) is 3.42. The summed E-state index contributed by atoms with van der Waals surface area (Å²) in [5.74, 6) is 0.0765.